The predicted octanol–water partition coefficient (Wildman–Crippen LogP) is 5.79. The van der Waals surface area contributed by atoms with Gasteiger partial charge in [-0.25, -0.2) is 0 Å². The number of benzene rings is 1. The molecule has 0 spiro atoms. The Balaban J connectivity index is 2.06. The first-order valence-electron chi connectivity index (χ1n) is 9.08. The van der Waals surface area contributed by atoms with Crippen molar-refractivity contribution in [2.75, 3.05) is 0 Å². The lowest BCUT2D eigenvalue weighted by Gasteiger charge is -2.04. The van der Waals surface area contributed by atoms with E-state index >= 15 is 0 Å². The molecule has 0 unspecified atom stereocenters. The normalized spacial score (nSPS) is 11.2. The van der Waals surface area contributed by atoms with Crippen molar-refractivity contribution in [3.63, 3.8) is 0 Å². The first-order valence-corrected chi connectivity index (χ1v) is 9.08. The molecule has 0 aliphatic carbocycles. The van der Waals surface area contributed by atoms with Crippen molar-refractivity contribution in [2.45, 2.75) is 77.6 Å². The molecule has 3 heteroatoms. The number of oxime groups is 1. The van der Waals surface area contributed by atoms with Gasteiger partial charge in [-0.2, -0.15) is 0 Å². The Morgan fingerprint density at radius 3 is 1.96 bits per heavy atom. The summed E-state index contributed by atoms with van der Waals surface area (Å²) in [4.78, 5) is 11.5. The number of carbonyl (C=O) groups excluding carboxylic acids is 1. The number of aryl methyl sites for hydroxylation is 1. The molecule has 128 valence electrons. The topological polar surface area (TPSA) is 49.7 Å². The number of rotatable bonds is 13. The Labute approximate surface area is 140 Å². The Morgan fingerprint density at radius 2 is 1.43 bits per heavy atom. The second kappa shape index (κ2) is 12.9. The standard InChI is InChI=1S/C20H31NO2/c1-2-3-4-5-6-7-8-9-10-11-12-18-13-15-19(16-14-18)20(22)17-21-23/h13-17,23H,2-12H2,1H3. The van der Waals surface area contributed by atoms with Gasteiger partial charge in [0.25, 0.3) is 0 Å². The van der Waals surface area contributed by atoms with Crippen LogP contribution in [0.2, 0.25) is 0 Å². The minimum atomic E-state index is -0.266. The van der Waals surface area contributed by atoms with Crippen molar-refractivity contribution < 1.29 is 10.0 Å². The highest BCUT2D eigenvalue weighted by molar-refractivity contribution is 6.35. The van der Waals surface area contributed by atoms with Gasteiger partial charge in [0.05, 0.1) is 0 Å². The summed E-state index contributed by atoms with van der Waals surface area (Å²) < 4.78 is 0. The molecule has 1 N–H and O–H groups in total. The van der Waals surface area contributed by atoms with Gasteiger partial charge < -0.3 is 5.21 Å². The van der Waals surface area contributed by atoms with Crippen LogP contribution in [-0.2, 0) is 6.42 Å². The molecular weight excluding hydrogens is 286 g/mol. The number of unbranched alkanes of at least 4 members (excludes halogenated alkanes) is 9. The quantitative estimate of drug-likeness (QED) is 0.164. The van der Waals surface area contributed by atoms with Crippen LogP contribution in [0.4, 0.5) is 0 Å². The third kappa shape index (κ3) is 9.17. The molecule has 23 heavy (non-hydrogen) atoms. The predicted molar refractivity (Wildman–Crippen MR) is 96.6 cm³/mol. The van der Waals surface area contributed by atoms with Crippen molar-refractivity contribution in [3.05, 3.63) is 35.4 Å². The van der Waals surface area contributed by atoms with E-state index in [2.05, 4.69) is 12.1 Å². The first-order chi connectivity index (χ1) is 11.3. The van der Waals surface area contributed by atoms with Crippen LogP contribution in [0.5, 0.6) is 0 Å². The molecular formula is C20H31NO2. The highest BCUT2D eigenvalue weighted by Gasteiger charge is 2.02. The molecule has 0 saturated heterocycles. The Kier molecular flexibility index (Phi) is 10.9. The number of ketones is 1. The first kappa shape index (κ1) is 19.4. The average molecular weight is 317 g/mol. The monoisotopic (exact) mass is 317 g/mol. The van der Waals surface area contributed by atoms with Crippen molar-refractivity contribution in [1.29, 1.82) is 0 Å². The highest BCUT2D eigenvalue weighted by Crippen LogP contribution is 2.13. The zero-order valence-corrected chi connectivity index (χ0v) is 14.5. The molecule has 1 aromatic rings. The molecule has 0 bridgehead atoms. The van der Waals surface area contributed by atoms with Gasteiger partial charge in [0.15, 0.2) is 0 Å². The molecule has 0 heterocycles. The molecule has 0 aromatic heterocycles. The second-order valence-corrected chi connectivity index (χ2v) is 6.24. The van der Waals surface area contributed by atoms with Gasteiger partial charge >= 0.3 is 0 Å². The van der Waals surface area contributed by atoms with Crippen LogP contribution in [0.25, 0.3) is 0 Å². The molecule has 0 radical (unpaired) electrons. The van der Waals surface area contributed by atoms with Gasteiger partial charge in [-0.05, 0) is 18.4 Å². The van der Waals surface area contributed by atoms with E-state index in [0.29, 0.717) is 5.56 Å². The lowest BCUT2D eigenvalue weighted by molar-refractivity contribution is 0.106. The molecule has 1 rings (SSSR count). The highest BCUT2D eigenvalue weighted by atomic mass is 16.4. The Hall–Kier alpha value is -1.64. The lowest BCUT2D eigenvalue weighted by atomic mass is 10.0. The zero-order chi connectivity index (χ0) is 16.8. The number of hydrogen-bond acceptors (Lipinski definition) is 3. The maximum Gasteiger partial charge on any atom is 0.207 e. The van der Waals surface area contributed by atoms with Crippen molar-refractivity contribution in [3.8, 4) is 0 Å². The van der Waals surface area contributed by atoms with E-state index < -0.39 is 0 Å². The number of nitrogens with zero attached hydrogens (tertiary/aromatic N) is 1. The van der Waals surface area contributed by atoms with Crippen LogP contribution in [0.1, 0.15) is 87.1 Å². The molecule has 1 aromatic carbocycles. The summed E-state index contributed by atoms with van der Waals surface area (Å²) in [6.07, 6.45) is 15.5. The maximum atomic E-state index is 11.5. The van der Waals surface area contributed by atoms with E-state index in [0.717, 1.165) is 12.6 Å². The molecule has 0 atom stereocenters. The van der Waals surface area contributed by atoms with E-state index in [9.17, 15) is 4.79 Å². The lowest BCUT2D eigenvalue weighted by Crippen LogP contribution is -2.00. The molecule has 3 nitrogen and oxygen atoms in total. The fourth-order valence-corrected chi connectivity index (χ4v) is 2.78. The molecule has 0 aliphatic heterocycles. The van der Waals surface area contributed by atoms with Gasteiger partial charge in [0, 0.05) is 5.56 Å². The van der Waals surface area contributed by atoms with Gasteiger partial charge in [-0.1, -0.05) is 94.1 Å². The van der Waals surface area contributed by atoms with Crippen molar-refractivity contribution in [1.82, 2.24) is 0 Å². The molecule has 0 fully saturated rings. The summed E-state index contributed by atoms with van der Waals surface area (Å²) in [5.41, 5.74) is 1.83. The minimum absolute atomic E-state index is 0.266. The Morgan fingerprint density at radius 1 is 0.913 bits per heavy atom. The number of Topliss-reactive ketones (excluding diaryl/α,β-unsaturated/α-hetero) is 1. The minimum Gasteiger partial charge on any atom is -0.411 e. The van der Waals surface area contributed by atoms with Gasteiger partial charge in [0.1, 0.15) is 6.21 Å². The number of hydrogen-bond donors (Lipinski definition) is 1. The second-order valence-electron chi connectivity index (χ2n) is 6.24. The smallest absolute Gasteiger partial charge is 0.207 e. The number of carbonyl (C=O) groups is 1. The third-order valence-corrected chi connectivity index (χ3v) is 4.23. The van der Waals surface area contributed by atoms with E-state index in [1.165, 1.54) is 69.8 Å². The summed E-state index contributed by atoms with van der Waals surface area (Å²) in [6, 6.07) is 7.59. The molecule has 0 aliphatic rings. The van der Waals surface area contributed by atoms with Crippen LogP contribution in [-0.4, -0.2) is 17.2 Å². The zero-order valence-electron chi connectivity index (χ0n) is 14.5. The van der Waals surface area contributed by atoms with Crippen molar-refractivity contribution >= 4 is 12.0 Å². The van der Waals surface area contributed by atoms with Crippen LogP contribution in [0.3, 0.4) is 0 Å². The molecule has 0 saturated carbocycles. The van der Waals surface area contributed by atoms with E-state index in [1.54, 1.807) is 12.1 Å². The summed E-state index contributed by atoms with van der Waals surface area (Å²) in [7, 11) is 0. The van der Waals surface area contributed by atoms with Crippen LogP contribution in [0.15, 0.2) is 29.4 Å². The van der Waals surface area contributed by atoms with Crippen LogP contribution < -0.4 is 0 Å². The summed E-state index contributed by atoms with van der Waals surface area (Å²) >= 11 is 0. The van der Waals surface area contributed by atoms with Crippen LogP contribution >= 0.6 is 0 Å². The summed E-state index contributed by atoms with van der Waals surface area (Å²) in [5, 5.41) is 11.1. The van der Waals surface area contributed by atoms with Crippen molar-refractivity contribution in [2.24, 2.45) is 5.16 Å². The maximum absolute atomic E-state index is 11.5. The SMILES string of the molecule is CCCCCCCCCCCCc1ccc(C(=O)C=NO)cc1. The third-order valence-electron chi connectivity index (χ3n) is 4.23. The fraction of sp³-hybridized carbons (Fsp3) is 0.600. The van der Waals surface area contributed by atoms with Crippen LogP contribution in [0, 0.1) is 0 Å². The Bertz CT molecular complexity index is 451. The summed E-state index contributed by atoms with van der Waals surface area (Å²) in [6.45, 7) is 2.26. The van der Waals surface area contributed by atoms with Gasteiger partial charge in [-0.15, -0.1) is 0 Å². The van der Waals surface area contributed by atoms with E-state index in [4.69, 9.17) is 5.21 Å². The summed E-state index contributed by atoms with van der Waals surface area (Å²) in [5.74, 6) is -0.266. The average Bonchev–Trinajstić information content (AvgIpc) is 2.57. The van der Waals surface area contributed by atoms with E-state index in [-0.39, 0.29) is 5.78 Å². The molecule has 0 amide bonds. The van der Waals surface area contributed by atoms with Gasteiger partial charge in [-0.3, -0.25) is 4.79 Å². The largest absolute Gasteiger partial charge is 0.411 e. The van der Waals surface area contributed by atoms with E-state index in [1.807, 2.05) is 12.1 Å². The van der Waals surface area contributed by atoms with Gasteiger partial charge in [0.2, 0.25) is 5.78 Å². The fourth-order valence-electron chi connectivity index (χ4n) is 2.78.